The van der Waals surface area contributed by atoms with Gasteiger partial charge in [0, 0.05) is 24.2 Å². The van der Waals surface area contributed by atoms with E-state index in [0.717, 1.165) is 21.9 Å². The zero-order valence-electron chi connectivity index (χ0n) is 30.1. The number of fused-ring (bicyclic) bond motifs is 1. The maximum atomic E-state index is 13.9. The van der Waals surface area contributed by atoms with Crippen molar-refractivity contribution < 1.29 is 33.0 Å². The molecule has 6 aromatic rings. The number of carbonyl (C=O) groups is 3. The Hall–Kier alpha value is -6.67. The minimum atomic E-state index is -1.46. The van der Waals surface area contributed by atoms with Crippen molar-refractivity contribution in [3.05, 3.63) is 148 Å². The molecule has 3 N–H and O–H groups in total. The standard InChI is InChI=1S/C41H39FN6O7/c1-3-47(4-2)39(51)29-17-20-34-31(22-29)45-38(55-34)36(50)32(21-26-11-7-5-8-12-26)44-35(49)24-48-37(28-15-18-30(42)19-16-28)43-23-33(40(48)52)46-41(53)54-25-27-13-9-6-10-14-27/h5-20,22-23,32,36,50H,3-4,21,24-25H2,1-2H3,(H,44,49)(H,46,53). The zero-order chi connectivity index (χ0) is 38.9. The van der Waals surface area contributed by atoms with Crippen LogP contribution in [-0.2, 0) is 29.1 Å². The van der Waals surface area contributed by atoms with E-state index >= 15 is 0 Å². The van der Waals surface area contributed by atoms with Gasteiger partial charge in [-0.3, -0.25) is 24.3 Å². The summed E-state index contributed by atoms with van der Waals surface area (Å²) in [5, 5.41) is 16.9. The molecule has 2 heterocycles. The SMILES string of the molecule is CCN(CC)C(=O)c1ccc2oc(C(O)C(Cc3ccccc3)NC(=O)Cn3c(-c4ccc(F)cc4)ncc(NC(=O)OCc4ccccc4)c3=O)nc2c1. The summed E-state index contributed by atoms with van der Waals surface area (Å²) in [5.74, 6) is -1.44. The first-order valence-electron chi connectivity index (χ1n) is 17.7. The number of hydrogen-bond donors (Lipinski definition) is 3. The van der Waals surface area contributed by atoms with E-state index in [1.165, 1.54) is 24.3 Å². The van der Waals surface area contributed by atoms with Crippen LogP contribution in [0, 0.1) is 5.82 Å². The highest BCUT2D eigenvalue weighted by atomic mass is 19.1. The third-order valence-electron chi connectivity index (χ3n) is 8.88. The number of nitrogens with one attached hydrogen (secondary N) is 2. The van der Waals surface area contributed by atoms with E-state index in [1.807, 2.05) is 50.2 Å². The number of anilines is 1. The predicted molar refractivity (Wildman–Crippen MR) is 202 cm³/mol. The first kappa shape index (κ1) is 38.1. The van der Waals surface area contributed by atoms with Gasteiger partial charge in [0.1, 0.15) is 36.0 Å². The molecule has 14 heteroatoms. The maximum absolute atomic E-state index is 13.9. The third kappa shape index (κ3) is 9.29. The Kier molecular flexibility index (Phi) is 12.1. The summed E-state index contributed by atoms with van der Waals surface area (Å²) in [5.41, 5.74) is 1.90. The number of ether oxygens (including phenoxy) is 1. The van der Waals surface area contributed by atoms with Crippen LogP contribution in [0.25, 0.3) is 22.5 Å². The Bertz CT molecular complexity index is 2330. The topological polar surface area (TPSA) is 169 Å². The second-order valence-corrected chi connectivity index (χ2v) is 12.6. The van der Waals surface area contributed by atoms with E-state index in [1.54, 1.807) is 47.4 Å². The predicted octanol–water partition coefficient (Wildman–Crippen LogP) is 5.88. The number of halogens is 1. The zero-order valence-corrected chi connectivity index (χ0v) is 30.1. The lowest BCUT2D eigenvalue weighted by atomic mass is 10.0. The molecule has 0 bridgehead atoms. The Balaban J connectivity index is 1.27. The minimum absolute atomic E-state index is 0.0255. The van der Waals surface area contributed by atoms with Crippen LogP contribution in [0.15, 0.2) is 119 Å². The molecule has 2 atom stereocenters. The molecule has 55 heavy (non-hydrogen) atoms. The molecule has 0 saturated heterocycles. The number of aliphatic hydroxyl groups excluding tert-OH is 1. The van der Waals surface area contributed by atoms with Crippen molar-refractivity contribution in [1.82, 2.24) is 24.8 Å². The number of rotatable bonds is 14. The lowest BCUT2D eigenvalue weighted by Crippen LogP contribution is -2.44. The van der Waals surface area contributed by atoms with Gasteiger partial charge in [-0.1, -0.05) is 60.7 Å². The summed E-state index contributed by atoms with van der Waals surface area (Å²) in [4.78, 5) is 63.9. The summed E-state index contributed by atoms with van der Waals surface area (Å²) < 4.78 is 26.1. The van der Waals surface area contributed by atoms with Crippen molar-refractivity contribution in [3.63, 3.8) is 0 Å². The molecule has 2 unspecified atom stereocenters. The molecule has 0 aliphatic carbocycles. The molecule has 0 fully saturated rings. The highest BCUT2D eigenvalue weighted by Crippen LogP contribution is 2.26. The van der Waals surface area contributed by atoms with Gasteiger partial charge >= 0.3 is 6.09 Å². The second-order valence-electron chi connectivity index (χ2n) is 12.6. The third-order valence-corrected chi connectivity index (χ3v) is 8.88. The van der Waals surface area contributed by atoms with E-state index < -0.39 is 42.1 Å². The van der Waals surface area contributed by atoms with Crippen LogP contribution in [0.4, 0.5) is 14.9 Å². The normalized spacial score (nSPS) is 12.1. The largest absolute Gasteiger partial charge is 0.444 e. The molecule has 0 spiro atoms. The average molecular weight is 747 g/mol. The number of oxazole rings is 1. The van der Waals surface area contributed by atoms with Crippen molar-refractivity contribution in [3.8, 4) is 11.4 Å². The first-order chi connectivity index (χ1) is 26.6. The van der Waals surface area contributed by atoms with E-state index in [4.69, 9.17) is 9.15 Å². The Morgan fingerprint density at radius 1 is 0.927 bits per heavy atom. The molecule has 13 nitrogen and oxygen atoms in total. The smallest absolute Gasteiger partial charge is 0.412 e. The molecule has 0 saturated carbocycles. The summed E-state index contributed by atoms with van der Waals surface area (Å²) in [7, 11) is 0. The van der Waals surface area contributed by atoms with Crippen molar-refractivity contribution in [1.29, 1.82) is 0 Å². The van der Waals surface area contributed by atoms with Crippen LogP contribution in [0.3, 0.4) is 0 Å². The Labute approximate surface area is 315 Å². The van der Waals surface area contributed by atoms with E-state index in [9.17, 15) is 28.7 Å². The van der Waals surface area contributed by atoms with Gasteiger partial charge in [-0.2, -0.15) is 0 Å². The number of aliphatic hydroxyl groups is 1. The summed E-state index contributed by atoms with van der Waals surface area (Å²) in [6, 6.07) is 27.1. The lowest BCUT2D eigenvalue weighted by molar-refractivity contribution is -0.123. The molecule has 0 aliphatic heterocycles. The number of aromatic nitrogens is 3. The molecule has 0 aliphatic rings. The van der Waals surface area contributed by atoms with Crippen LogP contribution in [0.2, 0.25) is 0 Å². The number of nitrogens with zero attached hydrogens (tertiary/aromatic N) is 4. The minimum Gasteiger partial charge on any atom is -0.444 e. The molecule has 4 aromatic carbocycles. The fourth-order valence-corrected chi connectivity index (χ4v) is 6.00. The number of benzene rings is 4. The van der Waals surface area contributed by atoms with E-state index in [-0.39, 0.29) is 36.3 Å². The van der Waals surface area contributed by atoms with Crippen molar-refractivity contribution >= 4 is 34.7 Å². The molecular weight excluding hydrogens is 707 g/mol. The van der Waals surface area contributed by atoms with Crippen LogP contribution in [0.1, 0.15) is 47.3 Å². The van der Waals surface area contributed by atoms with Crippen LogP contribution in [-0.4, -0.2) is 61.6 Å². The summed E-state index contributed by atoms with van der Waals surface area (Å²) in [6.45, 7) is 4.19. The molecule has 3 amide bonds. The molecule has 6 rings (SSSR count). The molecular formula is C41H39FN6O7. The van der Waals surface area contributed by atoms with E-state index in [2.05, 4.69) is 20.6 Å². The van der Waals surface area contributed by atoms with Crippen LogP contribution < -0.4 is 16.2 Å². The van der Waals surface area contributed by atoms with Crippen LogP contribution in [0.5, 0.6) is 0 Å². The Morgan fingerprint density at radius 2 is 1.60 bits per heavy atom. The van der Waals surface area contributed by atoms with Gasteiger partial charge in [0.15, 0.2) is 11.7 Å². The fourth-order valence-electron chi connectivity index (χ4n) is 6.00. The van der Waals surface area contributed by atoms with Gasteiger partial charge < -0.3 is 24.5 Å². The van der Waals surface area contributed by atoms with Crippen molar-refractivity contribution in [2.45, 2.75) is 45.6 Å². The van der Waals surface area contributed by atoms with Gasteiger partial charge in [-0.15, -0.1) is 0 Å². The second kappa shape index (κ2) is 17.4. The summed E-state index contributed by atoms with van der Waals surface area (Å²) >= 11 is 0. The highest BCUT2D eigenvalue weighted by Gasteiger charge is 2.29. The maximum Gasteiger partial charge on any atom is 0.412 e. The van der Waals surface area contributed by atoms with Gasteiger partial charge in [-0.05, 0) is 73.9 Å². The van der Waals surface area contributed by atoms with Gasteiger partial charge in [0.25, 0.3) is 11.5 Å². The molecule has 2 aromatic heterocycles. The molecule has 0 radical (unpaired) electrons. The summed E-state index contributed by atoms with van der Waals surface area (Å²) in [6.07, 6.45) is -1.10. The molecule has 282 valence electrons. The average Bonchev–Trinajstić information content (AvgIpc) is 3.63. The fraction of sp³-hybridized carbons (Fsp3) is 0.220. The quantitative estimate of drug-likeness (QED) is 0.123. The number of carbonyl (C=O) groups excluding carboxylic acids is 3. The van der Waals surface area contributed by atoms with Gasteiger partial charge in [0.2, 0.25) is 11.8 Å². The van der Waals surface area contributed by atoms with Crippen LogP contribution >= 0.6 is 0 Å². The van der Waals surface area contributed by atoms with Crippen molar-refractivity contribution in [2.24, 2.45) is 0 Å². The van der Waals surface area contributed by atoms with Gasteiger partial charge in [-0.25, -0.2) is 19.2 Å². The van der Waals surface area contributed by atoms with Crippen molar-refractivity contribution in [2.75, 3.05) is 18.4 Å². The van der Waals surface area contributed by atoms with E-state index in [0.29, 0.717) is 35.3 Å². The Morgan fingerprint density at radius 3 is 2.27 bits per heavy atom. The van der Waals surface area contributed by atoms with Gasteiger partial charge in [0.05, 0.1) is 12.2 Å². The first-order valence-corrected chi connectivity index (χ1v) is 17.7. The monoisotopic (exact) mass is 746 g/mol. The number of amides is 3. The lowest BCUT2D eigenvalue weighted by Gasteiger charge is -2.23. The highest BCUT2D eigenvalue weighted by molar-refractivity contribution is 5.97. The number of hydrogen-bond acceptors (Lipinski definition) is 9.